The molecule has 0 aromatic carbocycles. The zero-order valence-corrected chi connectivity index (χ0v) is 11.0. The number of rotatable bonds is 0. The summed E-state index contributed by atoms with van der Waals surface area (Å²) in [5, 5.41) is -1.60. The molecule has 0 N–H and O–H groups in total. The summed E-state index contributed by atoms with van der Waals surface area (Å²) in [6.07, 6.45) is 0.546. The van der Waals surface area contributed by atoms with Crippen molar-refractivity contribution >= 4 is 19.7 Å². The summed E-state index contributed by atoms with van der Waals surface area (Å²) in [5.74, 6) is 0.171. The highest BCUT2D eigenvalue weighted by atomic mass is 32.2. The maximum absolute atomic E-state index is 12.2. The number of hydrogen-bond acceptors (Lipinski definition) is 4. The van der Waals surface area contributed by atoms with E-state index >= 15 is 0 Å². The average molecular weight is 264 g/mol. The molecule has 0 aromatic rings. The van der Waals surface area contributed by atoms with Gasteiger partial charge in [0.25, 0.3) is 0 Å². The second-order valence-corrected chi connectivity index (χ2v) is 10.1. The average Bonchev–Trinajstić information content (AvgIpc) is 2.62. The summed E-state index contributed by atoms with van der Waals surface area (Å²) < 4.78 is 48.2. The topological polar surface area (TPSA) is 68.3 Å². The molecular formula is C10H16O4S2. The van der Waals surface area contributed by atoms with Gasteiger partial charge in [0, 0.05) is 0 Å². The molecule has 4 nitrogen and oxygen atoms in total. The lowest BCUT2D eigenvalue weighted by Crippen LogP contribution is -2.41. The van der Waals surface area contributed by atoms with Crippen molar-refractivity contribution in [1.29, 1.82) is 0 Å². The van der Waals surface area contributed by atoms with Crippen molar-refractivity contribution in [1.82, 2.24) is 0 Å². The van der Waals surface area contributed by atoms with Crippen LogP contribution >= 0.6 is 0 Å². The Morgan fingerprint density at radius 2 is 1.44 bits per heavy atom. The van der Waals surface area contributed by atoms with Gasteiger partial charge in [0.2, 0.25) is 0 Å². The van der Waals surface area contributed by atoms with Crippen LogP contribution in [0.2, 0.25) is 0 Å². The van der Waals surface area contributed by atoms with Gasteiger partial charge in [-0.05, 0) is 24.2 Å². The van der Waals surface area contributed by atoms with Crippen LogP contribution in [0.25, 0.3) is 0 Å². The number of sulfone groups is 2. The fraction of sp³-hybridized carbons (Fsp3) is 1.00. The highest BCUT2D eigenvalue weighted by Crippen LogP contribution is 2.56. The van der Waals surface area contributed by atoms with Crippen molar-refractivity contribution < 1.29 is 16.8 Å². The predicted molar refractivity (Wildman–Crippen MR) is 60.5 cm³/mol. The van der Waals surface area contributed by atoms with Crippen LogP contribution in [0.5, 0.6) is 0 Å². The molecule has 6 atom stereocenters. The Kier molecular flexibility index (Phi) is 1.95. The fourth-order valence-electron chi connectivity index (χ4n) is 4.16. The van der Waals surface area contributed by atoms with E-state index in [9.17, 15) is 16.8 Å². The molecule has 0 spiro atoms. The van der Waals surface area contributed by atoms with Gasteiger partial charge >= 0.3 is 0 Å². The molecule has 0 radical (unpaired) electrons. The minimum absolute atomic E-state index is 0.0101. The van der Waals surface area contributed by atoms with Crippen LogP contribution in [-0.2, 0) is 19.7 Å². The van der Waals surface area contributed by atoms with E-state index in [0.717, 1.165) is 0 Å². The molecule has 3 aliphatic rings. The molecule has 92 valence electrons. The maximum atomic E-state index is 12.2. The smallest absolute Gasteiger partial charge is 0.158 e. The molecule has 0 saturated carbocycles. The summed E-state index contributed by atoms with van der Waals surface area (Å²) in [6, 6.07) is 0. The molecule has 0 amide bonds. The van der Waals surface area contributed by atoms with Crippen LogP contribution in [0.3, 0.4) is 0 Å². The van der Waals surface area contributed by atoms with E-state index in [1.165, 1.54) is 0 Å². The minimum Gasteiger partial charge on any atom is -0.228 e. The van der Waals surface area contributed by atoms with Crippen LogP contribution in [0.4, 0.5) is 0 Å². The summed E-state index contributed by atoms with van der Waals surface area (Å²) in [7, 11) is -6.36. The van der Waals surface area contributed by atoms with E-state index in [4.69, 9.17) is 0 Å². The first-order valence-electron chi connectivity index (χ1n) is 5.73. The molecule has 0 aliphatic carbocycles. The third kappa shape index (κ3) is 1.01. The molecule has 3 fully saturated rings. The van der Waals surface area contributed by atoms with E-state index in [0.29, 0.717) is 6.42 Å². The zero-order chi connectivity index (χ0) is 11.9. The normalized spacial score (nSPS) is 56.4. The molecule has 6 unspecified atom stereocenters. The van der Waals surface area contributed by atoms with Crippen LogP contribution in [-0.4, -0.2) is 38.3 Å². The highest BCUT2D eigenvalue weighted by Gasteiger charge is 2.70. The molecule has 16 heavy (non-hydrogen) atoms. The summed E-state index contributed by atoms with van der Waals surface area (Å²) in [6.45, 7) is 3.84. The van der Waals surface area contributed by atoms with Crippen LogP contribution < -0.4 is 0 Å². The van der Waals surface area contributed by atoms with Gasteiger partial charge in [0.15, 0.2) is 19.7 Å². The summed E-state index contributed by atoms with van der Waals surface area (Å²) >= 11 is 0. The van der Waals surface area contributed by atoms with Crippen molar-refractivity contribution in [3.8, 4) is 0 Å². The van der Waals surface area contributed by atoms with Gasteiger partial charge in [-0.25, -0.2) is 16.8 Å². The first kappa shape index (κ1) is 11.0. The number of hydrogen-bond donors (Lipinski definition) is 0. The highest BCUT2D eigenvalue weighted by molar-refractivity contribution is 7.97. The number of fused-ring (bicyclic) bond motifs is 5. The lowest BCUT2D eigenvalue weighted by atomic mass is 9.75. The van der Waals surface area contributed by atoms with Crippen molar-refractivity contribution in [2.45, 2.75) is 36.0 Å². The van der Waals surface area contributed by atoms with Crippen molar-refractivity contribution in [3.05, 3.63) is 0 Å². The van der Waals surface area contributed by atoms with Gasteiger partial charge in [-0.3, -0.25) is 0 Å². The standard InChI is InChI=1S/C10H16O4S2/c1-5-6(2)9-10-7(3-4-15(10,11)12)8(5)16(9,13)14/h5-10H,3-4H2,1-2H3. The molecule has 2 bridgehead atoms. The second-order valence-electron chi connectivity index (χ2n) is 5.52. The Morgan fingerprint density at radius 1 is 0.875 bits per heavy atom. The van der Waals surface area contributed by atoms with Gasteiger partial charge < -0.3 is 0 Å². The zero-order valence-electron chi connectivity index (χ0n) is 9.33. The maximum Gasteiger partial charge on any atom is 0.158 e. The molecule has 0 aromatic heterocycles. The summed E-state index contributed by atoms with van der Waals surface area (Å²) in [5.41, 5.74) is 0. The van der Waals surface area contributed by atoms with E-state index in [-0.39, 0.29) is 23.5 Å². The van der Waals surface area contributed by atoms with E-state index < -0.39 is 35.4 Å². The van der Waals surface area contributed by atoms with E-state index in [1.807, 2.05) is 13.8 Å². The van der Waals surface area contributed by atoms with E-state index in [1.54, 1.807) is 0 Å². The lowest BCUT2D eigenvalue weighted by molar-refractivity contribution is 0.268. The van der Waals surface area contributed by atoms with Gasteiger partial charge in [-0.2, -0.15) is 0 Å². The van der Waals surface area contributed by atoms with Gasteiger partial charge in [0.1, 0.15) is 0 Å². The first-order valence-corrected chi connectivity index (χ1v) is 9.05. The Morgan fingerprint density at radius 3 is 2.06 bits per heavy atom. The van der Waals surface area contributed by atoms with Crippen LogP contribution in [0, 0.1) is 17.8 Å². The van der Waals surface area contributed by atoms with Crippen LogP contribution in [0.1, 0.15) is 20.3 Å². The molecular weight excluding hydrogens is 248 g/mol. The van der Waals surface area contributed by atoms with Crippen molar-refractivity contribution in [3.63, 3.8) is 0 Å². The largest absolute Gasteiger partial charge is 0.228 e. The third-order valence-corrected chi connectivity index (χ3v) is 10.4. The predicted octanol–water partition coefficient (Wildman–Crippen LogP) is 0.241. The van der Waals surface area contributed by atoms with Crippen molar-refractivity contribution in [2.24, 2.45) is 17.8 Å². The quantitative estimate of drug-likeness (QED) is 0.628. The Hall–Kier alpha value is -0.100. The minimum atomic E-state index is -3.20. The monoisotopic (exact) mass is 264 g/mol. The van der Waals surface area contributed by atoms with Crippen LogP contribution in [0.15, 0.2) is 0 Å². The van der Waals surface area contributed by atoms with Crippen molar-refractivity contribution in [2.75, 3.05) is 5.75 Å². The van der Waals surface area contributed by atoms with Gasteiger partial charge in [-0.15, -0.1) is 0 Å². The summed E-state index contributed by atoms with van der Waals surface area (Å²) in [4.78, 5) is 0. The molecule has 3 saturated heterocycles. The lowest BCUT2D eigenvalue weighted by Gasteiger charge is -2.30. The molecule has 6 heteroatoms. The Labute approximate surface area is 96.3 Å². The molecule has 3 heterocycles. The first-order chi connectivity index (χ1) is 7.28. The molecule has 3 aliphatic heterocycles. The molecule has 3 rings (SSSR count). The third-order valence-electron chi connectivity index (χ3n) is 4.94. The SMILES string of the molecule is CC1C(C)C2C3C(CCS3(=O)=O)C1S2(=O)=O. The van der Waals surface area contributed by atoms with Gasteiger partial charge in [-0.1, -0.05) is 13.8 Å². The van der Waals surface area contributed by atoms with Gasteiger partial charge in [0.05, 0.1) is 21.5 Å². The Bertz CT molecular complexity index is 533. The Balaban J connectivity index is 2.21. The fourth-order valence-corrected chi connectivity index (χ4v) is 11.0. The van der Waals surface area contributed by atoms with E-state index in [2.05, 4.69) is 0 Å². The second kappa shape index (κ2) is 2.83.